The number of hydrogen-bond acceptors (Lipinski definition) is 4. The quantitative estimate of drug-likeness (QED) is 0.886. The van der Waals surface area contributed by atoms with Gasteiger partial charge in [-0.25, -0.2) is 4.98 Å². The highest BCUT2D eigenvalue weighted by Gasteiger charge is 2.25. The van der Waals surface area contributed by atoms with Gasteiger partial charge in [-0.3, -0.25) is 4.79 Å². The molecular formula is C16H17Cl2N3OS. The maximum absolute atomic E-state index is 11.7. The molecule has 0 unspecified atom stereocenters. The van der Waals surface area contributed by atoms with Crippen LogP contribution < -0.4 is 10.2 Å². The van der Waals surface area contributed by atoms with E-state index in [0.29, 0.717) is 10.0 Å². The molecule has 2 aromatic rings. The number of rotatable bonds is 3. The van der Waals surface area contributed by atoms with Crippen LogP contribution in [0.3, 0.4) is 0 Å². The molecule has 1 saturated heterocycles. The van der Waals surface area contributed by atoms with E-state index in [0.717, 1.165) is 42.3 Å². The third kappa shape index (κ3) is 3.47. The highest BCUT2D eigenvalue weighted by atomic mass is 35.5. The summed E-state index contributed by atoms with van der Waals surface area (Å²) in [5, 5.41) is 6.76. The summed E-state index contributed by atoms with van der Waals surface area (Å²) in [4.78, 5) is 18.6. The fourth-order valence-corrected chi connectivity index (χ4v) is 4.05. The van der Waals surface area contributed by atoms with Crippen molar-refractivity contribution in [3.63, 3.8) is 0 Å². The summed E-state index contributed by atoms with van der Waals surface area (Å²) < 4.78 is 0. The molecule has 1 aromatic carbocycles. The molecule has 1 aromatic heterocycles. The molecule has 122 valence electrons. The summed E-state index contributed by atoms with van der Waals surface area (Å²) in [5.74, 6) is 0.244. The molecule has 1 amide bonds. The van der Waals surface area contributed by atoms with E-state index in [4.69, 9.17) is 28.2 Å². The van der Waals surface area contributed by atoms with E-state index in [1.54, 1.807) is 24.5 Å². The normalized spacial score (nSPS) is 15.7. The first-order valence-electron chi connectivity index (χ1n) is 7.46. The zero-order valence-corrected chi connectivity index (χ0v) is 15.0. The van der Waals surface area contributed by atoms with Crippen molar-refractivity contribution in [2.45, 2.75) is 12.8 Å². The smallest absolute Gasteiger partial charge is 0.222 e. The number of nitrogens with one attached hydrogen (secondary N) is 1. The van der Waals surface area contributed by atoms with Crippen LogP contribution >= 0.6 is 34.5 Å². The number of hydrogen-bond donors (Lipinski definition) is 1. The number of aromatic nitrogens is 1. The maximum atomic E-state index is 11.7. The van der Waals surface area contributed by atoms with Gasteiger partial charge in [-0.15, -0.1) is 11.3 Å². The number of nitrogens with zero attached hydrogens (tertiary/aromatic N) is 2. The molecular weight excluding hydrogens is 353 g/mol. The first-order valence-corrected chi connectivity index (χ1v) is 9.10. The Hall–Kier alpha value is -1.30. The first kappa shape index (κ1) is 16.6. The summed E-state index contributed by atoms with van der Waals surface area (Å²) in [6.45, 7) is 1.68. The van der Waals surface area contributed by atoms with Crippen molar-refractivity contribution in [1.29, 1.82) is 0 Å². The molecule has 0 aliphatic carbocycles. The number of benzene rings is 1. The lowest BCUT2D eigenvalue weighted by atomic mass is 9.96. The van der Waals surface area contributed by atoms with Gasteiger partial charge in [-0.2, -0.15) is 0 Å². The molecule has 0 atom stereocenters. The molecule has 2 heterocycles. The van der Waals surface area contributed by atoms with Crippen LogP contribution in [0.5, 0.6) is 0 Å². The van der Waals surface area contributed by atoms with Crippen molar-refractivity contribution < 1.29 is 4.79 Å². The maximum Gasteiger partial charge on any atom is 0.222 e. The molecule has 1 aliphatic heterocycles. The summed E-state index contributed by atoms with van der Waals surface area (Å²) in [6, 6.07) is 5.56. The third-order valence-corrected chi connectivity index (χ3v) is 5.82. The minimum absolute atomic E-state index is 0.109. The van der Waals surface area contributed by atoms with E-state index < -0.39 is 0 Å². The van der Waals surface area contributed by atoms with E-state index in [2.05, 4.69) is 10.2 Å². The van der Waals surface area contributed by atoms with Crippen molar-refractivity contribution in [2.75, 3.05) is 25.0 Å². The zero-order valence-electron chi connectivity index (χ0n) is 12.7. The number of carbonyl (C=O) groups excluding carboxylic acids is 1. The Morgan fingerprint density at radius 1 is 1.35 bits per heavy atom. The van der Waals surface area contributed by atoms with Gasteiger partial charge in [0, 0.05) is 37.0 Å². The third-order valence-electron chi connectivity index (χ3n) is 4.10. The van der Waals surface area contributed by atoms with Crippen LogP contribution in [0.2, 0.25) is 10.0 Å². The lowest BCUT2D eigenvalue weighted by molar-refractivity contribution is -0.125. The highest BCUT2D eigenvalue weighted by molar-refractivity contribution is 7.14. The molecule has 23 heavy (non-hydrogen) atoms. The van der Waals surface area contributed by atoms with Gasteiger partial charge in [0.1, 0.15) is 0 Å². The van der Waals surface area contributed by atoms with E-state index in [9.17, 15) is 4.79 Å². The highest BCUT2D eigenvalue weighted by Crippen LogP contribution is 2.36. The predicted molar refractivity (Wildman–Crippen MR) is 96.6 cm³/mol. The summed E-state index contributed by atoms with van der Waals surface area (Å²) >= 11 is 13.9. The van der Waals surface area contributed by atoms with Crippen LogP contribution in [-0.2, 0) is 4.79 Å². The Morgan fingerprint density at radius 2 is 2.09 bits per heavy atom. The standard InChI is InChI=1S/C16H17Cl2N3OS/c1-19-15(22)10-5-7-21(8-6-10)16-20-13(9-23-16)11-3-2-4-12(17)14(11)18/h2-4,9-10H,5-8H2,1H3,(H,19,22). The molecule has 1 N–H and O–H groups in total. The topological polar surface area (TPSA) is 45.2 Å². The Labute approximate surface area is 149 Å². The van der Waals surface area contributed by atoms with Crippen LogP contribution in [0.1, 0.15) is 12.8 Å². The molecule has 0 bridgehead atoms. The number of amides is 1. The Balaban J connectivity index is 1.73. The van der Waals surface area contributed by atoms with Gasteiger partial charge in [0.25, 0.3) is 0 Å². The van der Waals surface area contributed by atoms with Crippen molar-refractivity contribution in [3.05, 3.63) is 33.6 Å². The van der Waals surface area contributed by atoms with Gasteiger partial charge in [-0.05, 0) is 18.9 Å². The molecule has 1 fully saturated rings. The molecule has 0 saturated carbocycles. The molecule has 4 nitrogen and oxygen atoms in total. The monoisotopic (exact) mass is 369 g/mol. The minimum atomic E-state index is 0.109. The van der Waals surface area contributed by atoms with Crippen molar-refractivity contribution >= 4 is 45.6 Å². The second-order valence-electron chi connectivity index (χ2n) is 5.49. The summed E-state index contributed by atoms with van der Waals surface area (Å²) in [5.41, 5.74) is 1.69. The van der Waals surface area contributed by atoms with E-state index in [-0.39, 0.29) is 11.8 Å². The number of thiazole rings is 1. The fourth-order valence-electron chi connectivity index (χ4n) is 2.77. The van der Waals surface area contributed by atoms with Crippen molar-refractivity contribution in [3.8, 4) is 11.3 Å². The number of carbonyl (C=O) groups is 1. The van der Waals surface area contributed by atoms with Gasteiger partial charge in [-0.1, -0.05) is 35.3 Å². The van der Waals surface area contributed by atoms with Gasteiger partial charge >= 0.3 is 0 Å². The van der Waals surface area contributed by atoms with Crippen LogP contribution in [0.15, 0.2) is 23.6 Å². The van der Waals surface area contributed by atoms with E-state index in [1.807, 2.05) is 17.5 Å². The van der Waals surface area contributed by atoms with Crippen LogP contribution in [0.4, 0.5) is 5.13 Å². The largest absolute Gasteiger partial charge is 0.359 e. The van der Waals surface area contributed by atoms with Gasteiger partial charge in [0.15, 0.2) is 5.13 Å². The Morgan fingerprint density at radius 3 is 2.78 bits per heavy atom. The first-order chi connectivity index (χ1) is 11.1. The average molecular weight is 370 g/mol. The molecule has 3 rings (SSSR count). The second-order valence-corrected chi connectivity index (χ2v) is 7.11. The van der Waals surface area contributed by atoms with Crippen molar-refractivity contribution in [1.82, 2.24) is 10.3 Å². The average Bonchev–Trinajstić information content (AvgIpc) is 3.06. The van der Waals surface area contributed by atoms with Crippen LogP contribution in [0, 0.1) is 5.92 Å². The lowest BCUT2D eigenvalue weighted by Crippen LogP contribution is -2.39. The van der Waals surface area contributed by atoms with E-state index in [1.165, 1.54) is 0 Å². The number of piperidine rings is 1. The minimum Gasteiger partial charge on any atom is -0.359 e. The molecule has 0 radical (unpaired) electrons. The summed E-state index contributed by atoms with van der Waals surface area (Å²) in [6.07, 6.45) is 1.71. The molecule has 0 spiro atoms. The van der Waals surface area contributed by atoms with Gasteiger partial charge < -0.3 is 10.2 Å². The number of anilines is 1. The van der Waals surface area contributed by atoms with Gasteiger partial charge in [0.05, 0.1) is 15.7 Å². The zero-order chi connectivity index (χ0) is 16.4. The number of halogens is 2. The van der Waals surface area contributed by atoms with Gasteiger partial charge in [0.2, 0.25) is 5.91 Å². The second kappa shape index (κ2) is 7.07. The predicted octanol–water partition coefficient (Wildman–Crippen LogP) is 4.08. The fraction of sp³-hybridized carbons (Fsp3) is 0.375. The van der Waals surface area contributed by atoms with Crippen molar-refractivity contribution in [2.24, 2.45) is 5.92 Å². The Bertz CT molecular complexity index is 711. The SMILES string of the molecule is CNC(=O)C1CCN(c2nc(-c3cccc(Cl)c3Cl)cs2)CC1. The Kier molecular flexibility index (Phi) is 5.09. The lowest BCUT2D eigenvalue weighted by Gasteiger charge is -2.30. The molecule has 7 heteroatoms. The van der Waals surface area contributed by atoms with Crippen LogP contribution in [0.25, 0.3) is 11.3 Å². The molecule has 1 aliphatic rings. The summed E-state index contributed by atoms with van der Waals surface area (Å²) in [7, 11) is 1.69. The van der Waals surface area contributed by atoms with Crippen LogP contribution in [-0.4, -0.2) is 31.0 Å². The van der Waals surface area contributed by atoms with E-state index >= 15 is 0 Å².